The van der Waals surface area contributed by atoms with Gasteiger partial charge in [0.25, 0.3) is 0 Å². The Morgan fingerprint density at radius 2 is 2.00 bits per heavy atom. The Kier molecular flexibility index (Phi) is 4.51. The van der Waals surface area contributed by atoms with E-state index in [9.17, 15) is 9.59 Å². The molecule has 1 N–H and O–H groups in total. The van der Waals surface area contributed by atoms with Crippen LogP contribution in [0, 0.1) is 0 Å². The number of carbonyl (C=O) groups excluding carboxylic acids is 2. The van der Waals surface area contributed by atoms with Crippen molar-refractivity contribution in [1.82, 2.24) is 29.6 Å². The minimum absolute atomic E-state index is 0.00627. The first-order chi connectivity index (χ1) is 11.0. The lowest BCUT2D eigenvalue weighted by Crippen LogP contribution is -2.54. The Bertz CT molecular complexity index is 578. The number of hydrogen-bond donors (Lipinski definition) is 1. The molecule has 0 spiro atoms. The van der Waals surface area contributed by atoms with Crippen molar-refractivity contribution in [3.05, 3.63) is 18.2 Å². The molecule has 8 heteroatoms. The third-order valence-electron chi connectivity index (χ3n) is 4.67. The monoisotopic (exact) mass is 320 g/mol. The second-order valence-corrected chi connectivity index (χ2v) is 6.27. The minimum atomic E-state index is -0.363. The van der Waals surface area contributed by atoms with Crippen LogP contribution in [0.3, 0.4) is 0 Å². The summed E-state index contributed by atoms with van der Waals surface area (Å²) >= 11 is 0. The highest BCUT2D eigenvalue weighted by molar-refractivity contribution is 5.88. The molecule has 3 rings (SSSR count). The summed E-state index contributed by atoms with van der Waals surface area (Å²) in [5.41, 5.74) is 0. The number of carbonyl (C=O) groups is 2. The van der Waals surface area contributed by atoms with Gasteiger partial charge in [0.1, 0.15) is 11.9 Å². The van der Waals surface area contributed by atoms with Crippen molar-refractivity contribution in [3.8, 4) is 0 Å². The maximum atomic E-state index is 12.3. The second-order valence-electron chi connectivity index (χ2n) is 6.27. The second kappa shape index (κ2) is 6.57. The summed E-state index contributed by atoms with van der Waals surface area (Å²) < 4.78 is 2.02. The van der Waals surface area contributed by atoms with Gasteiger partial charge in [-0.05, 0) is 6.42 Å². The Hall–Kier alpha value is -2.09. The molecule has 8 nitrogen and oxygen atoms in total. The Labute approximate surface area is 136 Å². The smallest absolute Gasteiger partial charge is 0.318 e. The molecule has 2 aliphatic rings. The predicted octanol–water partition coefficient (Wildman–Crippen LogP) is -0.522. The molecule has 0 aliphatic carbocycles. The number of likely N-dealkylation sites (N-methyl/N-ethyl adjacent to an activating group) is 1. The molecule has 2 saturated heterocycles. The summed E-state index contributed by atoms with van der Waals surface area (Å²) in [6.45, 7) is 4.49. The van der Waals surface area contributed by atoms with Crippen molar-refractivity contribution < 1.29 is 9.59 Å². The summed E-state index contributed by atoms with van der Waals surface area (Å²) in [7, 11) is 3.76. The van der Waals surface area contributed by atoms with Gasteiger partial charge in [-0.2, -0.15) is 0 Å². The number of rotatable bonds is 3. The van der Waals surface area contributed by atoms with E-state index in [1.165, 1.54) is 0 Å². The number of aryl methyl sites for hydroxylation is 1. The topological polar surface area (TPSA) is 73.7 Å². The molecule has 3 amide bonds. The molecule has 3 heterocycles. The number of nitrogens with one attached hydrogen (secondary N) is 1. The van der Waals surface area contributed by atoms with Crippen LogP contribution < -0.4 is 5.32 Å². The maximum Gasteiger partial charge on any atom is 0.318 e. The van der Waals surface area contributed by atoms with Crippen molar-refractivity contribution in [3.63, 3.8) is 0 Å². The molecule has 0 aromatic carbocycles. The summed E-state index contributed by atoms with van der Waals surface area (Å²) in [5.74, 6) is 1.04. The number of imidazole rings is 1. The lowest BCUT2D eigenvalue weighted by atomic mass is 10.2. The molecule has 23 heavy (non-hydrogen) atoms. The normalized spacial score (nSPS) is 22.7. The minimum Gasteiger partial charge on any atom is -0.344 e. The third-order valence-corrected chi connectivity index (χ3v) is 4.67. The first-order valence-electron chi connectivity index (χ1n) is 8.03. The van der Waals surface area contributed by atoms with Gasteiger partial charge < -0.3 is 19.7 Å². The highest BCUT2D eigenvalue weighted by Gasteiger charge is 2.32. The number of hydrogen-bond acceptors (Lipinski definition) is 4. The van der Waals surface area contributed by atoms with Gasteiger partial charge in [-0.25, -0.2) is 9.78 Å². The van der Waals surface area contributed by atoms with Crippen LogP contribution >= 0.6 is 0 Å². The number of nitrogens with zero attached hydrogens (tertiary/aromatic N) is 5. The maximum absolute atomic E-state index is 12.3. The van der Waals surface area contributed by atoms with E-state index in [0.717, 1.165) is 25.5 Å². The third kappa shape index (κ3) is 3.47. The van der Waals surface area contributed by atoms with E-state index in [1.807, 2.05) is 17.8 Å². The van der Waals surface area contributed by atoms with E-state index in [4.69, 9.17) is 0 Å². The van der Waals surface area contributed by atoms with E-state index < -0.39 is 0 Å². The van der Waals surface area contributed by atoms with Gasteiger partial charge in [0.05, 0.1) is 6.54 Å². The lowest BCUT2D eigenvalue weighted by molar-refractivity contribution is -0.128. The van der Waals surface area contributed by atoms with Crippen LogP contribution in [-0.4, -0.2) is 82.0 Å². The van der Waals surface area contributed by atoms with Crippen molar-refractivity contribution in [2.75, 3.05) is 39.8 Å². The summed E-state index contributed by atoms with van der Waals surface area (Å²) in [6.07, 6.45) is 4.43. The average Bonchev–Trinajstić information content (AvgIpc) is 3.08. The van der Waals surface area contributed by atoms with E-state index in [1.54, 1.807) is 23.0 Å². The lowest BCUT2D eigenvalue weighted by Gasteiger charge is -2.34. The predicted molar refractivity (Wildman–Crippen MR) is 84.6 cm³/mol. The van der Waals surface area contributed by atoms with Crippen LogP contribution in [0.15, 0.2) is 12.4 Å². The summed E-state index contributed by atoms with van der Waals surface area (Å²) in [5, 5.41) is 2.86. The standard InChI is InChI=1S/C15H24N6O2/c1-18-6-4-16-13(18)11-20-7-9-21(10-8-20)15(23)17-12-3-5-19(2)14(12)22/h4,6,12H,3,5,7-11H2,1-2H3,(H,17,23)/t12-/m0/s1. The van der Waals surface area contributed by atoms with Gasteiger partial charge in [-0.3, -0.25) is 9.69 Å². The van der Waals surface area contributed by atoms with Crippen molar-refractivity contribution in [2.24, 2.45) is 7.05 Å². The molecule has 0 radical (unpaired) electrons. The number of likely N-dealkylation sites (tertiary alicyclic amines) is 1. The fourth-order valence-corrected chi connectivity index (χ4v) is 3.05. The van der Waals surface area contributed by atoms with Crippen LogP contribution in [0.1, 0.15) is 12.2 Å². The van der Waals surface area contributed by atoms with Gasteiger partial charge in [-0.15, -0.1) is 0 Å². The molecule has 1 aromatic rings. The van der Waals surface area contributed by atoms with Crippen molar-refractivity contribution in [1.29, 1.82) is 0 Å². The molecule has 2 fully saturated rings. The van der Waals surface area contributed by atoms with E-state index >= 15 is 0 Å². The van der Waals surface area contributed by atoms with E-state index in [2.05, 4.69) is 15.2 Å². The van der Waals surface area contributed by atoms with Gasteiger partial charge in [0, 0.05) is 59.2 Å². The molecule has 0 bridgehead atoms. The van der Waals surface area contributed by atoms with Crippen LogP contribution in [0.25, 0.3) is 0 Å². The number of piperazine rings is 1. The molecule has 0 saturated carbocycles. The molecular weight excluding hydrogens is 296 g/mol. The Morgan fingerprint density at radius 1 is 1.26 bits per heavy atom. The average molecular weight is 320 g/mol. The number of amides is 3. The van der Waals surface area contributed by atoms with Crippen molar-refractivity contribution in [2.45, 2.75) is 19.0 Å². The molecule has 126 valence electrons. The quantitative estimate of drug-likeness (QED) is 0.813. The Morgan fingerprint density at radius 3 is 2.57 bits per heavy atom. The van der Waals surface area contributed by atoms with Gasteiger partial charge in [0.2, 0.25) is 5.91 Å². The zero-order valence-electron chi connectivity index (χ0n) is 13.7. The zero-order chi connectivity index (χ0) is 16.4. The summed E-state index contributed by atoms with van der Waals surface area (Å²) in [6, 6.07) is -0.492. The van der Waals surface area contributed by atoms with Gasteiger partial charge in [0.15, 0.2) is 0 Å². The van der Waals surface area contributed by atoms with Crippen molar-refractivity contribution >= 4 is 11.9 Å². The van der Waals surface area contributed by atoms with E-state index in [0.29, 0.717) is 26.1 Å². The number of aromatic nitrogens is 2. The van der Waals surface area contributed by atoms with Gasteiger partial charge >= 0.3 is 6.03 Å². The first-order valence-corrected chi connectivity index (χ1v) is 8.03. The fourth-order valence-electron chi connectivity index (χ4n) is 3.05. The zero-order valence-corrected chi connectivity index (χ0v) is 13.7. The van der Waals surface area contributed by atoms with Crippen LogP contribution in [-0.2, 0) is 18.4 Å². The molecular formula is C15H24N6O2. The summed E-state index contributed by atoms with van der Waals surface area (Å²) in [4.78, 5) is 34.2. The highest BCUT2D eigenvalue weighted by Crippen LogP contribution is 2.11. The molecule has 1 atom stereocenters. The molecule has 2 aliphatic heterocycles. The van der Waals surface area contributed by atoms with Crippen LogP contribution in [0.4, 0.5) is 4.79 Å². The highest BCUT2D eigenvalue weighted by atomic mass is 16.2. The van der Waals surface area contributed by atoms with Gasteiger partial charge in [-0.1, -0.05) is 0 Å². The van der Waals surface area contributed by atoms with E-state index in [-0.39, 0.29) is 18.0 Å². The Balaban J connectivity index is 1.46. The number of urea groups is 1. The largest absolute Gasteiger partial charge is 0.344 e. The van der Waals surface area contributed by atoms with Crippen LogP contribution in [0.2, 0.25) is 0 Å². The first kappa shape index (κ1) is 15.8. The molecule has 0 unspecified atom stereocenters. The fraction of sp³-hybridized carbons (Fsp3) is 0.667. The SMILES string of the molecule is CN1CC[C@H](NC(=O)N2CCN(Cc3nccn3C)CC2)C1=O. The molecule has 1 aromatic heterocycles. The van der Waals surface area contributed by atoms with Crippen LogP contribution in [0.5, 0.6) is 0 Å².